The van der Waals surface area contributed by atoms with E-state index in [0.717, 1.165) is 19.4 Å². The fourth-order valence-electron chi connectivity index (χ4n) is 1.34. The largest absolute Gasteiger partial charge is 0.386 e. The summed E-state index contributed by atoms with van der Waals surface area (Å²) in [5, 5.41) is 9.38. The molecular weight excluding hydrogens is 180 g/mol. The van der Waals surface area contributed by atoms with Crippen molar-refractivity contribution in [3.05, 3.63) is 12.2 Å². The predicted molar refractivity (Wildman–Crippen MR) is 55.0 cm³/mol. The first-order chi connectivity index (χ1) is 6.58. The lowest BCUT2D eigenvalue weighted by atomic mass is 10.1. The molecule has 0 saturated carbocycles. The van der Waals surface area contributed by atoms with Crippen molar-refractivity contribution in [2.75, 3.05) is 13.2 Å². The van der Waals surface area contributed by atoms with Gasteiger partial charge in [0.2, 0.25) is 0 Å². The molecule has 1 atom stereocenters. The van der Waals surface area contributed by atoms with E-state index in [4.69, 9.17) is 9.47 Å². The lowest BCUT2D eigenvalue weighted by Crippen LogP contribution is -2.22. The van der Waals surface area contributed by atoms with Gasteiger partial charge in [-0.05, 0) is 33.1 Å². The number of hydrogen-bond acceptors (Lipinski definition) is 3. The predicted octanol–water partition coefficient (Wildman–Crippen LogP) is 1.86. The maximum atomic E-state index is 9.38. The average molecular weight is 200 g/mol. The summed E-state index contributed by atoms with van der Waals surface area (Å²) < 4.78 is 10.8. The molecule has 3 heteroatoms. The van der Waals surface area contributed by atoms with Crippen molar-refractivity contribution in [2.24, 2.45) is 0 Å². The highest BCUT2D eigenvalue weighted by Gasteiger charge is 2.13. The minimum atomic E-state index is -0.753. The zero-order valence-corrected chi connectivity index (χ0v) is 9.03. The molecule has 0 amide bonds. The molecule has 82 valence electrons. The number of ether oxygens (including phenoxy) is 2. The van der Waals surface area contributed by atoms with E-state index in [0.29, 0.717) is 6.61 Å². The third-order valence-corrected chi connectivity index (χ3v) is 2.04. The van der Waals surface area contributed by atoms with Gasteiger partial charge in [0.05, 0.1) is 12.2 Å². The highest BCUT2D eigenvalue weighted by Crippen LogP contribution is 2.13. The second kappa shape index (κ2) is 5.49. The molecule has 0 aromatic heterocycles. The van der Waals surface area contributed by atoms with Gasteiger partial charge < -0.3 is 14.6 Å². The van der Waals surface area contributed by atoms with Crippen LogP contribution in [0.3, 0.4) is 0 Å². The normalized spacial score (nSPS) is 24.4. The SMILES string of the molecule is CC(C)(O)/C=C\COC1CCCCO1. The van der Waals surface area contributed by atoms with E-state index in [9.17, 15) is 5.11 Å². The van der Waals surface area contributed by atoms with E-state index in [-0.39, 0.29) is 6.29 Å². The first kappa shape index (κ1) is 11.7. The summed E-state index contributed by atoms with van der Waals surface area (Å²) in [4.78, 5) is 0. The molecule has 1 aliphatic rings. The van der Waals surface area contributed by atoms with Crippen molar-refractivity contribution in [1.82, 2.24) is 0 Å². The Kier molecular flexibility index (Phi) is 4.58. The monoisotopic (exact) mass is 200 g/mol. The van der Waals surface area contributed by atoms with Crippen LogP contribution < -0.4 is 0 Å². The van der Waals surface area contributed by atoms with Crippen LogP contribution in [0.5, 0.6) is 0 Å². The van der Waals surface area contributed by atoms with E-state index in [1.807, 2.05) is 6.08 Å². The third kappa shape index (κ3) is 5.37. The molecule has 1 aliphatic heterocycles. The molecule has 1 fully saturated rings. The van der Waals surface area contributed by atoms with Gasteiger partial charge in [-0.25, -0.2) is 0 Å². The number of rotatable bonds is 4. The van der Waals surface area contributed by atoms with Gasteiger partial charge in [0.25, 0.3) is 0 Å². The van der Waals surface area contributed by atoms with Crippen LogP contribution in [0.1, 0.15) is 33.1 Å². The number of aliphatic hydroxyl groups is 1. The summed E-state index contributed by atoms with van der Waals surface area (Å²) >= 11 is 0. The summed E-state index contributed by atoms with van der Waals surface area (Å²) in [6.07, 6.45) is 6.82. The summed E-state index contributed by atoms with van der Waals surface area (Å²) in [7, 11) is 0. The smallest absolute Gasteiger partial charge is 0.157 e. The molecule has 0 bridgehead atoms. The van der Waals surface area contributed by atoms with Crippen molar-refractivity contribution in [1.29, 1.82) is 0 Å². The standard InChI is InChI=1S/C11H20O3/c1-11(2,12)7-5-9-14-10-6-3-4-8-13-10/h5,7,10,12H,3-4,6,8-9H2,1-2H3/b7-5-. The Morgan fingerprint density at radius 3 is 2.86 bits per heavy atom. The van der Waals surface area contributed by atoms with Gasteiger partial charge in [0, 0.05) is 6.61 Å². The quantitative estimate of drug-likeness (QED) is 0.704. The second-order valence-corrected chi connectivity index (χ2v) is 4.19. The molecule has 0 spiro atoms. The van der Waals surface area contributed by atoms with Gasteiger partial charge >= 0.3 is 0 Å². The van der Waals surface area contributed by atoms with Crippen molar-refractivity contribution in [2.45, 2.75) is 45.0 Å². The molecule has 0 aromatic carbocycles. The summed E-state index contributed by atoms with van der Waals surface area (Å²) in [5.74, 6) is 0. The Bertz CT molecular complexity index is 175. The van der Waals surface area contributed by atoms with E-state index in [1.165, 1.54) is 6.42 Å². The zero-order chi connectivity index (χ0) is 10.4. The fourth-order valence-corrected chi connectivity index (χ4v) is 1.34. The van der Waals surface area contributed by atoms with Crippen LogP contribution in [0.2, 0.25) is 0 Å². The summed E-state index contributed by atoms with van der Waals surface area (Å²) in [6, 6.07) is 0. The van der Waals surface area contributed by atoms with Gasteiger partial charge in [0.1, 0.15) is 0 Å². The Labute approximate surface area is 85.7 Å². The van der Waals surface area contributed by atoms with Crippen LogP contribution in [-0.2, 0) is 9.47 Å². The molecule has 1 unspecified atom stereocenters. The molecule has 3 nitrogen and oxygen atoms in total. The molecule has 1 heterocycles. The van der Waals surface area contributed by atoms with Crippen molar-refractivity contribution >= 4 is 0 Å². The van der Waals surface area contributed by atoms with Crippen LogP contribution >= 0.6 is 0 Å². The third-order valence-electron chi connectivity index (χ3n) is 2.04. The summed E-state index contributed by atoms with van der Waals surface area (Å²) in [6.45, 7) is 4.79. The molecular formula is C11H20O3. The molecule has 0 radical (unpaired) electrons. The van der Waals surface area contributed by atoms with Crippen LogP contribution in [0, 0.1) is 0 Å². The molecule has 14 heavy (non-hydrogen) atoms. The first-order valence-corrected chi connectivity index (χ1v) is 5.21. The van der Waals surface area contributed by atoms with Crippen molar-refractivity contribution < 1.29 is 14.6 Å². The average Bonchev–Trinajstić information content (AvgIpc) is 2.13. The maximum absolute atomic E-state index is 9.38. The zero-order valence-electron chi connectivity index (χ0n) is 9.03. The van der Waals surface area contributed by atoms with E-state index in [1.54, 1.807) is 19.9 Å². The lowest BCUT2D eigenvalue weighted by Gasteiger charge is -2.22. The minimum Gasteiger partial charge on any atom is -0.386 e. The fraction of sp³-hybridized carbons (Fsp3) is 0.818. The van der Waals surface area contributed by atoms with Crippen molar-refractivity contribution in [3.8, 4) is 0 Å². The van der Waals surface area contributed by atoms with Crippen LogP contribution in [-0.4, -0.2) is 30.2 Å². The van der Waals surface area contributed by atoms with Gasteiger partial charge in [-0.15, -0.1) is 0 Å². The highest BCUT2D eigenvalue weighted by molar-refractivity contribution is 4.95. The van der Waals surface area contributed by atoms with Gasteiger partial charge in [-0.2, -0.15) is 0 Å². The van der Waals surface area contributed by atoms with Crippen LogP contribution in [0.4, 0.5) is 0 Å². The van der Waals surface area contributed by atoms with E-state index < -0.39 is 5.60 Å². The Balaban J connectivity index is 2.11. The molecule has 1 saturated heterocycles. The van der Waals surface area contributed by atoms with Gasteiger partial charge in [0.15, 0.2) is 6.29 Å². The van der Waals surface area contributed by atoms with Crippen LogP contribution in [0.15, 0.2) is 12.2 Å². The van der Waals surface area contributed by atoms with E-state index in [2.05, 4.69) is 0 Å². The topological polar surface area (TPSA) is 38.7 Å². The van der Waals surface area contributed by atoms with Crippen LogP contribution in [0.25, 0.3) is 0 Å². The molecule has 1 rings (SSSR count). The van der Waals surface area contributed by atoms with Crippen molar-refractivity contribution in [3.63, 3.8) is 0 Å². The highest BCUT2D eigenvalue weighted by atomic mass is 16.7. The van der Waals surface area contributed by atoms with Gasteiger partial charge in [-0.3, -0.25) is 0 Å². The van der Waals surface area contributed by atoms with Gasteiger partial charge in [-0.1, -0.05) is 12.2 Å². The lowest BCUT2D eigenvalue weighted by molar-refractivity contribution is -0.155. The Hall–Kier alpha value is -0.380. The summed E-state index contributed by atoms with van der Waals surface area (Å²) in [5.41, 5.74) is -0.753. The minimum absolute atomic E-state index is 0.0461. The molecule has 0 aromatic rings. The Morgan fingerprint density at radius 1 is 1.50 bits per heavy atom. The Morgan fingerprint density at radius 2 is 2.29 bits per heavy atom. The molecule has 0 aliphatic carbocycles. The van der Waals surface area contributed by atoms with E-state index >= 15 is 0 Å². The number of hydrogen-bond donors (Lipinski definition) is 1. The maximum Gasteiger partial charge on any atom is 0.157 e. The molecule has 1 N–H and O–H groups in total. The second-order valence-electron chi connectivity index (χ2n) is 4.19. The first-order valence-electron chi connectivity index (χ1n) is 5.21.